The molecule has 4 N–H and O–H groups in total. The van der Waals surface area contributed by atoms with Crippen LogP contribution >= 0.6 is 0 Å². The molecule has 0 radical (unpaired) electrons. The predicted molar refractivity (Wildman–Crippen MR) is 55.0 cm³/mol. The lowest BCUT2D eigenvalue weighted by Gasteiger charge is -1.98. The SMILES string of the molecule is CC.NCCc1cccc(N)c1. The second kappa shape index (κ2) is 6.68. The van der Waals surface area contributed by atoms with Crippen molar-refractivity contribution in [2.24, 2.45) is 5.73 Å². The summed E-state index contributed by atoms with van der Waals surface area (Å²) < 4.78 is 0. The Morgan fingerprint density at radius 2 is 1.92 bits per heavy atom. The van der Waals surface area contributed by atoms with Gasteiger partial charge in [0.15, 0.2) is 0 Å². The molecule has 0 aromatic heterocycles. The molecule has 1 aromatic rings. The van der Waals surface area contributed by atoms with Crippen molar-refractivity contribution in [3.8, 4) is 0 Å². The third kappa shape index (κ3) is 3.98. The number of hydrogen-bond donors (Lipinski definition) is 2. The maximum Gasteiger partial charge on any atom is 0.0316 e. The molecule has 0 aliphatic carbocycles. The molecule has 0 aliphatic heterocycles. The maximum absolute atomic E-state index is 5.55. The van der Waals surface area contributed by atoms with Crippen LogP contribution < -0.4 is 11.5 Å². The third-order valence-electron chi connectivity index (χ3n) is 1.38. The van der Waals surface area contributed by atoms with E-state index in [0.717, 1.165) is 12.1 Å². The molecular weight excluding hydrogens is 148 g/mol. The lowest BCUT2D eigenvalue weighted by atomic mass is 10.1. The highest BCUT2D eigenvalue weighted by atomic mass is 14.5. The molecule has 0 unspecified atom stereocenters. The molecule has 0 bridgehead atoms. The van der Waals surface area contributed by atoms with E-state index in [0.29, 0.717) is 6.54 Å². The van der Waals surface area contributed by atoms with Crippen molar-refractivity contribution in [1.29, 1.82) is 0 Å². The fourth-order valence-corrected chi connectivity index (χ4v) is 0.915. The summed E-state index contributed by atoms with van der Waals surface area (Å²) in [5, 5.41) is 0. The molecule has 1 aromatic carbocycles. The monoisotopic (exact) mass is 166 g/mol. The van der Waals surface area contributed by atoms with Gasteiger partial charge in [-0.25, -0.2) is 0 Å². The quantitative estimate of drug-likeness (QED) is 0.658. The summed E-state index contributed by atoms with van der Waals surface area (Å²) in [6.07, 6.45) is 0.908. The fourth-order valence-electron chi connectivity index (χ4n) is 0.915. The summed E-state index contributed by atoms with van der Waals surface area (Å²) in [6, 6.07) is 7.80. The third-order valence-corrected chi connectivity index (χ3v) is 1.38. The van der Waals surface area contributed by atoms with Gasteiger partial charge in [-0.3, -0.25) is 0 Å². The lowest BCUT2D eigenvalue weighted by molar-refractivity contribution is 0.969. The zero-order valence-electron chi connectivity index (χ0n) is 7.88. The molecule has 12 heavy (non-hydrogen) atoms. The summed E-state index contributed by atoms with van der Waals surface area (Å²) in [4.78, 5) is 0. The Labute approximate surface area is 74.6 Å². The average Bonchev–Trinajstić information content (AvgIpc) is 2.09. The number of rotatable bonds is 2. The molecule has 0 saturated heterocycles. The van der Waals surface area contributed by atoms with Crippen molar-refractivity contribution in [3.05, 3.63) is 29.8 Å². The molecule has 1 rings (SSSR count). The predicted octanol–water partition coefficient (Wildman–Crippen LogP) is 1.80. The van der Waals surface area contributed by atoms with E-state index in [1.165, 1.54) is 5.56 Å². The van der Waals surface area contributed by atoms with E-state index < -0.39 is 0 Å². The second-order valence-electron chi connectivity index (χ2n) is 2.28. The largest absolute Gasteiger partial charge is 0.399 e. The van der Waals surface area contributed by atoms with Gasteiger partial charge in [-0.05, 0) is 30.7 Å². The van der Waals surface area contributed by atoms with Crippen LogP contribution in [0, 0.1) is 0 Å². The van der Waals surface area contributed by atoms with Gasteiger partial charge < -0.3 is 11.5 Å². The molecule has 0 amide bonds. The Bertz CT molecular complexity index is 209. The Kier molecular flexibility index (Phi) is 6.11. The van der Waals surface area contributed by atoms with Gasteiger partial charge in [0.05, 0.1) is 0 Å². The van der Waals surface area contributed by atoms with Crippen molar-refractivity contribution in [2.75, 3.05) is 12.3 Å². The minimum atomic E-state index is 0.684. The van der Waals surface area contributed by atoms with Crippen molar-refractivity contribution in [2.45, 2.75) is 20.3 Å². The van der Waals surface area contributed by atoms with Gasteiger partial charge in [-0.15, -0.1) is 0 Å². The molecule has 68 valence electrons. The Hall–Kier alpha value is -1.02. The van der Waals surface area contributed by atoms with Crippen molar-refractivity contribution >= 4 is 5.69 Å². The summed E-state index contributed by atoms with van der Waals surface area (Å²) in [6.45, 7) is 4.68. The van der Waals surface area contributed by atoms with Crippen LogP contribution in [-0.2, 0) is 6.42 Å². The van der Waals surface area contributed by atoms with Crippen LogP contribution in [0.2, 0.25) is 0 Å². The van der Waals surface area contributed by atoms with Crippen LogP contribution in [-0.4, -0.2) is 6.54 Å². The molecule has 2 nitrogen and oxygen atoms in total. The van der Waals surface area contributed by atoms with E-state index in [9.17, 15) is 0 Å². The van der Waals surface area contributed by atoms with Crippen LogP contribution in [0.15, 0.2) is 24.3 Å². The Balaban J connectivity index is 0.000000561. The highest BCUT2D eigenvalue weighted by molar-refractivity contribution is 5.40. The first-order valence-electron chi connectivity index (χ1n) is 4.37. The molecule has 0 atom stereocenters. The standard InChI is InChI=1S/C8H12N2.C2H6/c9-5-4-7-2-1-3-8(10)6-7;1-2/h1-3,6H,4-5,9-10H2;1-2H3. The maximum atomic E-state index is 5.55. The van der Waals surface area contributed by atoms with Crippen LogP contribution in [0.4, 0.5) is 5.69 Å². The molecule has 0 aliphatic rings. The number of nitrogens with two attached hydrogens (primary N) is 2. The minimum Gasteiger partial charge on any atom is -0.399 e. The van der Waals surface area contributed by atoms with Crippen molar-refractivity contribution in [3.63, 3.8) is 0 Å². The number of anilines is 1. The first-order chi connectivity index (χ1) is 5.83. The van der Waals surface area contributed by atoms with Gasteiger partial charge in [0, 0.05) is 5.69 Å². The Morgan fingerprint density at radius 3 is 2.42 bits per heavy atom. The number of hydrogen-bond acceptors (Lipinski definition) is 2. The van der Waals surface area contributed by atoms with E-state index in [1.54, 1.807) is 0 Å². The molecule has 2 heteroatoms. The first kappa shape index (κ1) is 11.0. The molecule has 0 saturated carbocycles. The second-order valence-corrected chi connectivity index (χ2v) is 2.28. The highest BCUT2D eigenvalue weighted by Crippen LogP contribution is 2.05. The lowest BCUT2D eigenvalue weighted by Crippen LogP contribution is -2.02. The van der Waals surface area contributed by atoms with Gasteiger partial charge in [0.2, 0.25) is 0 Å². The van der Waals surface area contributed by atoms with Gasteiger partial charge in [0.25, 0.3) is 0 Å². The van der Waals surface area contributed by atoms with Gasteiger partial charge in [0.1, 0.15) is 0 Å². The molecular formula is C10H18N2. The molecule has 0 heterocycles. The molecule has 0 fully saturated rings. The van der Waals surface area contributed by atoms with E-state index in [2.05, 4.69) is 0 Å². The first-order valence-corrected chi connectivity index (χ1v) is 4.37. The minimum absolute atomic E-state index is 0.684. The van der Waals surface area contributed by atoms with E-state index in [1.807, 2.05) is 38.1 Å². The van der Waals surface area contributed by atoms with E-state index in [4.69, 9.17) is 11.5 Å². The Morgan fingerprint density at radius 1 is 1.25 bits per heavy atom. The normalized spacial score (nSPS) is 8.58. The van der Waals surface area contributed by atoms with Crippen molar-refractivity contribution in [1.82, 2.24) is 0 Å². The van der Waals surface area contributed by atoms with Gasteiger partial charge in [-0.2, -0.15) is 0 Å². The summed E-state index contributed by atoms with van der Waals surface area (Å²) in [7, 11) is 0. The fraction of sp³-hybridized carbons (Fsp3) is 0.400. The topological polar surface area (TPSA) is 52.0 Å². The number of nitrogen functional groups attached to an aromatic ring is 1. The average molecular weight is 166 g/mol. The smallest absolute Gasteiger partial charge is 0.0316 e. The van der Waals surface area contributed by atoms with Crippen LogP contribution in [0.25, 0.3) is 0 Å². The summed E-state index contributed by atoms with van der Waals surface area (Å²) in [5.41, 5.74) is 12.9. The molecule has 0 spiro atoms. The summed E-state index contributed by atoms with van der Waals surface area (Å²) in [5.74, 6) is 0. The van der Waals surface area contributed by atoms with Gasteiger partial charge in [-0.1, -0.05) is 26.0 Å². The van der Waals surface area contributed by atoms with E-state index >= 15 is 0 Å². The van der Waals surface area contributed by atoms with E-state index in [-0.39, 0.29) is 0 Å². The highest BCUT2D eigenvalue weighted by Gasteiger charge is 1.89. The zero-order valence-corrected chi connectivity index (χ0v) is 7.88. The summed E-state index contributed by atoms with van der Waals surface area (Å²) >= 11 is 0. The van der Waals surface area contributed by atoms with Crippen molar-refractivity contribution < 1.29 is 0 Å². The van der Waals surface area contributed by atoms with Gasteiger partial charge >= 0.3 is 0 Å². The van der Waals surface area contributed by atoms with Crippen LogP contribution in [0.1, 0.15) is 19.4 Å². The zero-order chi connectivity index (χ0) is 9.40. The van der Waals surface area contributed by atoms with Crippen LogP contribution in [0.3, 0.4) is 0 Å². The number of benzene rings is 1. The van der Waals surface area contributed by atoms with Crippen LogP contribution in [0.5, 0.6) is 0 Å².